The zero-order valence-electron chi connectivity index (χ0n) is 14.8. The summed E-state index contributed by atoms with van der Waals surface area (Å²) in [5.74, 6) is 0.389. The minimum atomic E-state index is -0.358. The topological polar surface area (TPSA) is 58.6 Å². The van der Waals surface area contributed by atoms with Crippen LogP contribution in [-0.2, 0) is 4.79 Å². The van der Waals surface area contributed by atoms with Crippen LogP contribution in [0.3, 0.4) is 0 Å². The van der Waals surface area contributed by atoms with Crippen LogP contribution < -0.4 is 10.2 Å². The number of hydrazine groups is 1. The van der Waals surface area contributed by atoms with Crippen LogP contribution in [-0.4, -0.2) is 27.8 Å². The van der Waals surface area contributed by atoms with Gasteiger partial charge >= 0.3 is 0 Å². The fraction of sp³-hybridized carbons (Fsp3) is 0.211. The number of carbonyl (C=O) groups is 2. The van der Waals surface area contributed by atoms with Crippen LogP contribution in [0.15, 0.2) is 46.7 Å². The molecule has 2 heterocycles. The molecule has 0 spiro atoms. The minimum Gasteiger partial charge on any atom is -0.493 e. The molecule has 1 aromatic heterocycles. The number of thiocarbonyl (C=S) groups is 1. The van der Waals surface area contributed by atoms with E-state index in [0.717, 1.165) is 22.3 Å². The van der Waals surface area contributed by atoms with Gasteiger partial charge in [-0.25, -0.2) is 0 Å². The van der Waals surface area contributed by atoms with Crippen molar-refractivity contribution in [2.75, 3.05) is 6.61 Å². The number of rotatable bonds is 6. The third-order valence-corrected chi connectivity index (χ3v) is 5.70. The lowest BCUT2D eigenvalue weighted by molar-refractivity contribution is -0.123. The van der Waals surface area contributed by atoms with Crippen molar-refractivity contribution in [2.24, 2.45) is 5.92 Å². The Hall–Kier alpha value is -2.16. The largest absolute Gasteiger partial charge is 0.493 e. The minimum absolute atomic E-state index is 0.289. The Bertz CT molecular complexity index is 891. The molecule has 1 saturated heterocycles. The first-order valence-corrected chi connectivity index (χ1v) is 10.4. The smallest absolute Gasteiger partial charge is 0.285 e. The predicted molar refractivity (Wildman–Crippen MR) is 114 cm³/mol. The first kappa shape index (κ1) is 19.6. The number of amides is 2. The quantitative estimate of drug-likeness (QED) is 0.559. The van der Waals surface area contributed by atoms with E-state index in [1.165, 1.54) is 11.3 Å². The van der Waals surface area contributed by atoms with Gasteiger partial charge in [0.15, 0.2) is 4.32 Å². The monoisotopic (exact) mass is 418 g/mol. The Labute approximate surface area is 171 Å². The Balaban J connectivity index is 1.77. The summed E-state index contributed by atoms with van der Waals surface area (Å²) in [4.78, 5) is 25.9. The lowest BCUT2D eigenvalue weighted by atomic mass is 10.1. The van der Waals surface area contributed by atoms with Crippen molar-refractivity contribution in [3.63, 3.8) is 0 Å². The van der Waals surface area contributed by atoms with Crippen LogP contribution in [0.4, 0.5) is 0 Å². The van der Waals surface area contributed by atoms with Gasteiger partial charge in [-0.2, -0.15) is 5.01 Å². The maximum atomic E-state index is 12.7. The highest BCUT2D eigenvalue weighted by Gasteiger charge is 2.34. The third-order valence-electron chi connectivity index (χ3n) is 3.53. The molecule has 1 aromatic carbocycles. The van der Waals surface area contributed by atoms with E-state index in [9.17, 15) is 9.59 Å². The molecule has 3 rings (SSSR count). The molecule has 140 valence electrons. The van der Waals surface area contributed by atoms with E-state index >= 15 is 0 Å². The number of nitrogens with one attached hydrogen (secondary N) is 1. The van der Waals surface area contributed by atoms with Crippen molar-refractivity contribution >= 4 is 57.5 Å². The molecular weight excluding hydrogens is 400 g/mol. The number of ether oxygens (including phenoxy) is 1. The molecule has 1 N–H and O–H groups in total. The maximum Gasteiger partial charge on any atom is 0.285 e. The van der Waals surface area contributed by atoms with Crippen LogP contribution in [0, 0.1) is 5.92 Å². The molecule has 0 saturated carbocycles. The molecule has 2 amide bonds. The second kappa shape index (κ2) is 8.69. The number of benzene rings is 1. The highest BCUT2D eigenvalue weighted by atomic mass is 32.2. The number of thiophene rings is 1. The Morgan fingerprint density at radius 3 is 2.78 bits per heavy atom. The molecule has 2 aromatic rings. The van der Waals surface area contributed by atoms with Gasteiger partial charge < -0.3 is 4.74 Å². The summed E-state index contributed by atoms with van der Waals surface area (Å²) in [7, 11) is 0. The van der Waals surface area contributed by atoms with Gasteiger partial charge in [-0.3, -0.25) is 15.0 Å². The van der Waals surface area contributed by atoms with Crippen molar-refractivity contribution in [1.29, 1.82) is 0 Å². The van der Waals surface area contributed by atoms with E-state index in [-0.39, 0.29) is 16.1 Å². The third kappa shape index (κ3) is 4.77. The van der Waals surface area contributed by atoms with E-state index in [1.54, 1.807) is 23.6 Å². The number of nitrogens with zero attached hydrogens (tertiary/aromatic N) is 1. The molecule has 1 aliphatic rings. The normalized spacial score (nSPS) is 15.7. The molecule has 8 heteroatoms. The molecule has 1 aliphatic heterocycles. The summed E-state index contributed by atoms with van der Waals surface area (Å²) in [5.41, 5.74) is 3.37. The van der Waals surface area contributed by atoms with Gasteiger partial charge in [0, 0.05) is 5.56 Å². The molecule has 0 aliphatic carbocycles. The van der Waals surface area contributed by atoms with Crippen molar-refractivity contribution in [3.8, 4) is 5.75 Å². The van der Waals surface area contributed by atoms with Crippen molar-refractivity contribution in [3.05, 3.63) is 57.1 Å². The van der Waals surface area contributed by atoms with Crippen LogP contribution in [0.2, 0.25) is 0 Å². The average Bonchev–Trinajstić information content (AvgIpc) is 3.26. The van der Waals surface area contributed by atoms with E-state index < -0.39 is 0 Å². The van der Waals surface area contributed by atoms with Gasteiger partial charge in [-0.05, 0) is 41.7 Å². The number of thioether (sulfide) groups is 1. The van der Waals surface area contributed by atoms with Crippen molar-refractivity contribution in [2.45, 2.75) is 13.8 Å². The number of hydrogen-bond donors (Lipinski definition) is 1. The second-order valence-corrected chi connectivity index (χ2v) is 8.80. The van der Waals surface area contributed by atoms with E-state index in [4.69, 9.17) is 17.0 Å². The zero-order chi connectivity index (χ0) is 19.4. The first-order chi connectivity index (χ1) is 13.0. The molecule has 1 fully saturated rings. The standard InChI is InChI=1S/C19H18N2O3S3/c1-12(2)11-24-14-7-4-3-6-13(14)10-16-18(23)21(19(25)27-16)20-17(22)15-8-5-9-26-15/h3-10,12H,11H2,1-2H3,(H,20,22)/b16-10+. The summed E-state index contributed by atoms with van der Waals surface area (Å²) in [6, 6.07) is 11.0. The van der Waals surface area contributed by atoms with E-state index in [2.05, 4.69) is 19.3 Å². The fourth-order valence-corrected chi connectivity index (χ4v) is 4.04. The number of para-hydroxylation sites is 1. The van der Waals surface area contributed by atoms with Crippen LogP contribution in [0.1, 0.15) is 29.1 Å². The number of carbonyl (C=O) groups excluding carboxylic acids is 2. The van der Waals surface area contributed by atoms with Gasteiger partial charge in [0.1, 0.15) is 5.75 Å². The van der Waals surface area contributed by atoms with Gasteiger partial charge in [0.05, 0.1) is 16.4 Å². The molecule has 0 bridgehead atoms. The molecular formula is C19H18N2O3S3. The van der Waals surface area contributed by atoms with Crippen LogP contribution in [0.25, 0.3) is 6.08 Å². The lowest BCUT2D eigenvalue weighted by Crippen LogP contribution is -2.44. The molecule has 0 unspecified atom stereocenters. The molecule has 0 atom stereocenters. The van der Waals surface area contributed by atoms with E-state index in [0.29, 0.717) is 28.1 Å². The maximum absolute atomic E-state index is 12.7. The van der Waals surface area contributed by atoms with Crippen molar-refractivity contribution < 1.29 is 14.3 Å². The van der Waals surface area contributed by atoms with Gasteiger partial charge in [0.25, 0.3) is 11.8 Å². The highest BCUT2D eigenvalue weighted by molar-refractivity contribution is 8.26. The van der Waals surface area contributed by atoms with Gasteiger partial charge in [0.2, 0.25) is 0 Å². The SMILES string of the molecule is CC(C)COc1ccccc1/C=C1/SC(=S)N(NC(=O)c2cccs2)C1=O. The van der Waals surface area contributed by atoms with Gasteiger partial charge in [-0.15, -0.1) is 11.3 Å². The Kier molecular flexibility index (Phi) is 6.30. The first-order valence-electron chi connectivity index (χ1n) is 8.30. The number of hydrogen-bond acceptors (Lipinski definition) is 6. The summed E-state index contributed by atoms with van der Waals surface area (Å²) in [6.45, 7) is 4.73. The lowest BCUT2D eigenvalue weighted by Gasteiger charge is -2.14. The molecule has 0 radical (unpaired) electrons. The van der Waals surface area contributed by atoms with Crippen LogP contribution in [0.5, 0.6) is 5.75 Å². The molecule has 5 nitrogen and oxygen atoms in total. The highest BCUT2D eigenvalue weighted by Crippen LogP contribution is 2.33. The van der Waals surface area contributed by atoms with Crippen molar-refractivity contribution in [1.82, 2.24) is 10.4 Å². The summed E-state index contributed by atoms with van der Waals surface area (Å²) < 4.78 is 6.12. The molecule has 27 heavy (non-hydrogen) atoms. The van der Waals surface area contributed by atoms with Gasteiger partial charge in [-0.1, -0.05) is 49.9 Å². The van der Waals surface area contributed by atoms with E-state index in [1.807, 2.05) is 24.3 Å². The van der Waals surface area contributed by atoms with Crippen LogP contribution >= 0.6 is 35.3 Å². The summed E-state index contributed by atoms with van der Waals surface area (Å²) >= 11 is 7.71. The second-order valence-electron chi connectivity index (χ2n) is 6.18. The fourth-order valence-electron chi connectivity index (χ4n) is 2.26. The summed E-state index contributed by atoms with van der Waals surface area (Å²) in [5, 5.41) is 2.92. The average molecular weight is 419 g/mol. The Morgan fingerprint density at radius 2 is 2.07 bits per heavy atom. The zero-order valence-corrected chi connectivity index (χ0v) is 17.2. The predicted octanol–water partition coefficient (Wildman–Crippen LogP) is 4.33. The summed E-state index contributed by atoms with van der Waals surface area (Å²) in [6.07, 6.45) is 1.74. The Morgan fingerprint density at radius 1 is 1.30 bits per heavy atom.